The molecule has 4 heterocycles. The predicted octanol–water partition coefficient (Wildman–Crippen LogP) is 5.78. The number of halogens is 2. The molecule has 2 aromatic carbocycles. The van der Waals surface area contributed by atoms with Crippen molar-refractivity contribution in [3.05, 3.63) is 91.9 Å². The number of ether oxygens (including phenoxy) is 3. The standard InChI is InChI=1S/C31H26BrFN2O6/c1-2-31(41-27(36)9-5-6-12-39-26-11-10-20(33)14-23(26)32)22-15-25-28-19(13-18-7-3-4-8-24(18)34-28)16-35(25)29(37)21(22)17-40-30(31)38/h3-4,7-8,10-11,13-15H,2,5-6,9,12,16-17H2,1H3/t31-/m0/s1. The van der Waals surface area contributed by atoms with Crippen LogP contribution >= 0.6 is 15.9 Å². The maximum atomic E-state index is 13.6. The van der Waals surface area contributed by atoms with Gasteiger partial charge in [-0.1, -0.05) is 25.1 Å². The van der Waals surface area contributed by atoms with Crippen LogP contribution in [0.25, 0.3) is 22.3 Å². The van der Waals surface area contributed by atoms with Crippen molar-refractivity contribution in [2.24, 2.45) is 0 Å². The van der Waals surface area contributed by atoms with E-state index >= 15 is 0 Å². The van der Waals surface area contributed by atoms with Gasteiger partial charge >= 0.3 is 11.9 Å². The first-order chi connectivity index (χ1) is 19.8. The zero-order valence-corrected chi connectivity index (χ0v) is 23.8. The van der Waals surface area contributed by atoms with Gasteiger partial charge in [0.2, 0.25) is 5.60 Å². The maximum Gasteiger partial charge on any atom is 0.355 e. The molecule has 2 aliphatic rings. The lowest BCUT2D eigenvalue weighted by Crippen LogP contribution is -2.47. The van der Waals surface area contributed by atoms with Gasteiger partial charge in [0, 0.05) is 22.9 Å². The maximum absolute atomic E-state index is 13.6. The molecule has 6 rings (SSSR count). The van der Waals surface area contributed by atoms with E-state index < -0.39 is 17.5 Å². The van der Waals surface area contributed by atoms with Gasteiger partial charge in [-0.3, -0.25) is 9.59 Å². The summed E-state index contributed by atoms with van der Waals surface area (Å²) in [6.07, 6.45) is 1.12. The van der Waals surface area contributed by atoms with Crippen LogP contribution in [0.4, 0.5) is 4.39 Å². The van der Waals surface area contributed by atoms with Crippen molar-refractivity contribution < 1.29 is 28.2 Å². The summed E-state index contributed by atoms with van der Waals surface area (Å²) in [5.74, 6) is -1.14. The molecule has 2 aliphatic heterocycles. The average molecular weight is 621 g/mol. The summed E-state index contributed by atoms with van der Waals surface area (Å²) in [7, 11) is 0. The molecular formula is C31H26BrFN2O6. The number of nitrogens with zero attached hydrogens (tertiary/aromatic N) is 2. The smallest absolute Gasteiger partial charge is 0.355 e. The Balaban J connectivity index is 1.22. The first-order valence-corrected chi connectivity index (χ1v) is 14.2. The molecule has 0 amide bonds. The molecule has 0 aliphatic carbocycles. The minimum absolute atomic E-state index is 0.0403. The van der Waals surface area contributed by atoms with Crippen LogP contribution in [-0.4, -0.2) is 28.1 Å². The van der Waals surface area contributed by atoms with E-state index in [9.17, 15) is 18.8 Å². The first kappa shape index (κ1) is 27.1. The number of fused-ring (bicyclic) bond motifs is 5. The fourth-order valence-corrected chi connectivity index (χ4v) is 5.94. The molecule has 41 heavy (non-hydrogen) atoms. The molecule has 10 heteroatoms. The van der Waals surface area contributed by atoms with Crippen molar-refractivity contribution in [1.29, 1.82) is 0 Å². The lowest BCUT2D eigenvalue weighted by atomic mass is 9.85. The number of hydrogen-bond donors (Lipinski definition) is 0. The Morgan fingerprint density at radius 1 is 1.15 bits per heavy atom. The van der Waals surface area contributed by atoms with E-state index in [1.54, 1.807) is 17.6 Å². The molecular weight excluding hydrogens is 595 g/mol. The molecule has 4 aromatic rings. The van der Waals surface area contributed by atoms with Crippen LogP contribution in [0.3, 0.4) is 0 Å². The Morgan fingerprint density at radius 2 is 1.98 bits per heavy atom. The van der Waals surface area contributed by atoms with Crippen molar-refractivity contribution >= 4 is 38.8 Å². The van der Waals surface area contributed by atoms with Crippen LogP contribution in [0.15, 0.2) is 63.9 Å². The summed E-state index contributed by atoms with van der Waals surface area (Å²) in [4.78, 5) is 44.6. The molecule has 0 fully saturated rings. The van der Waals surface area contributed by atoms with E-state index in [0.29, 0.717) is 58.7 Å². The third-order valence-electron chi connectivity index (χ3n) is 7.60. The lowest BCUT2D eigenvalue weighted by Gasteiger charge is -2.35. The summed E-state index contributed by atoms with van der Waals surface area (Å²) in [5, 5.41) is 0.975. The molecule has 0 bridgehead atoms. The Kier molecular flexibility index (Phi) is 7.11. The lowest BCUT2D eigenvalue weighted by molar-refractivity contribution is -0.189. The van der Waals surface area contributed by atoms with E-state index in [-0.39, 0.29) is 30.8 Å². The number of carbonyl (C=O) groups is 2. The third-order valence-corrected chi connectivity index (χ3v) is 8.22. The minimum Gasteiger partial charge on any atom is -0.492 e. The number of aromatic nitrogens is 2. The second-order valence-electron chi connectivity index (χ2n) is 10.1. The number of esters is 2. The van der Waals surface area contributed by atoms with Gasteiger partial charge in [0.1, 0.15) is 18.2 Å². The number of unbranched alkanes of at least 4 members (excludes halogenated alkanes) is 1. The van der Waals surface area contributed by atoms with E-state index in [4.69, 9.17) is 19.2 Å². The molecule has 0 saturated heterocycles. The number of rotatable bonds is 8. The van der Waals surface area contributed by atoms with Gasteiger partial charge < -0.3 is 18.8 Å². The Labute approximate surface area is 243 Å². The number of hydrogen-bond acceptors (Lipinski definition) is 7. The fourth-order valence-electron chi connectivity index (χ4n) is 5.47. The Morgan fingerprint density at radius 3 is 2.78 bits per heavy atom. The molecule has 0 unspecified atom stereocenters. The quantitative estimate of drug-likeness (QED) is 0.160. The normalized spacial score (nSPS) is 17.0. The van der Waals surface area contributed by atoms with E-state index in [1.807, 2.05) is 30.3 Å². The van der Waals surface area contributed by atoms with Crippen molar-refractivity contribution in [1.82, 2.24) is 9.55 Å². The molecule has 0 N–H and O–H groups in total. The topological polar surface area (TPSA) is 96.7 Å². The number of para-hydroxylation sites is 1. The molecule has 0 saturated carbocycles. The van der Waals surface area contributed by atoms with Gasteiger partial charge in [0.25, 0.3) is 5.56 Å². The number of benzene rings is 2. The van der Waals surface area contributed by atoms with Crippen molar-refractivity contribution in [3.8, 4) is 17.1 Å². The van der Waals surface area contributed by atoms with Gasteiger partial charge in [0.15, 0.2) is 0 Å². The van der Waals surface area contributed by atoms with Crippen molar-refractivity contribution in [3.63, 3.8) is 0 Å². The fraction of sp³-hybridized carbons (Fsp3) is 0.290. The minimum atomic E-state index is -1.73. The number of carbonyl (C=O) groups excluding carboxylic acids is 2. The second-order valence-corrected chi connectivity index (χ2v) is 11.0. The Hall–Kier alpha value is -4.05. The highest BCUT2D eigenvalue weighted by atomic mass is 79.9. The molecule has 8 nitrogen and oxygen atoms in total. The monoisotopic (exact) mass is 620 g/mol. The van der Waals surface area contributed by atoms with Gasteiger partial charge in [-0.05, 0) is 71.6 Å². The van der Waals surface area contributed by atoms with E-state index in [2.05, 4.69) is 15.9 Å². The SMILES string of the molecule is CC[C@@]1(OC(=O)CCCCOc2ccc(F)cc2Br)C(=O)OCc2c1cc1n(c2=O)Cc2cc3ccccc3nc2-1. The second kappa shape index (κ2) is 10.7. The van der Waals surface area contributed by atoms with Gasteiger partial charge in [-0.25, -0.2) is 14.2 Å². The highest BCUT2D eigenvalue weighted by Gasteiger charge is 2.50. The summed E-state index contributed by atoms with van der Waals surface area (Å²) in [6, 6.07) is 15.7. The number of pyridine rings is 2. The zero-order chi connectivity index (χ0) is 28.7. The summed E-state index contributed by atoms with van der Waals surface area (Å²) < 4.78 is 32.3. The van der Waals surface area contributed by atoms with Gasteiger partial charge in [-0.15, -0.1) is 0 Å². The molecule has 0 radical (unpaired) electrons. The van der Waals surface area contributed by atoms with Crippen LogP contribution < -0.4 is 10.3 Å². The highest BCUT2D eigenvalue weighted by molar-refractivity contribution is 9.10. The van der Waals surface area contributed by atoms with E-state index in [1.165, 1.54) is 18.2 Å². The van der Waals surface area contributed by atoms with Crippen LogP contribution in [-0.2, 0) is 37.8 Å². The molecule has 0 spiro atoms. The first-order valence-electron chi connectivity index (χ1n) is 13.4. The molecule has 2 aromatic heterocycles. The van der Waals surface area contributed by atoms with Crippen LogP contribution in [0.1, 0.15) is 49.3 Å². The zero-order valence-electron chi connectivity index (χ0n) is 22.2. The third kappa shape index (κ3) is 4.80. The van der Waals surface area contributed by atoms with Crippen molar-refractivity contribution in [2.45, 2.75) is 51.4 Å². The Bertz CT molecular complexity index is 1770. The summed E-state index contributed by atoms with van der Waals surface area (Å²) in [5.41, 5.74) is 1.61. The largest absolute Gasteiger partial charge is 0.492 e. The predicted molar refractivity (Wildman–Crippen MR) is 152 cm³/mol. The van der Waals surface area contributed by atoms with Gasteiger partial charge in [-0.2, -0.15) is 0 Å². The van der Waals surface area contributed by atoms with Crippen LogP contribution in [0, 0.1) is 5.82 Å². The molecule has 1 atom stereocenters. The summed E-state index contributed by atoms with van der Waals surface area (Å²) >= 11 is 3.26. The van der Waals surface area contributed by atoms with Crippen LogP contribution in [0.2, 0.25) is 0 Å². The summed E-state index contributed by atoms with van der Waals surface area (Å²) in [6.45, 7) is 2.21. The van der Waals surface area contributed by atoms with Gasteiger partial charge in [0.05, 0.1) is 40.1 Å². The highest BCUT2D eigenvalue weighted by Crippen LogP contribution is 2.41. The average Bonchev–Trinajstić information content (AvgIpc) is 3.32. The van der Waals surface area contributed by atoms with E-state index in [0.717, 1.165) is 16.5 Å². The molecule has 210 valence electrons. The van der Waals surface area contributed by atoms with Crippen LogP contribution in [0.5, 0.6) is 5.75 Å². The number of cyclic esters (lactones) is 1. The van der Waals surface area contributed by atoms with Crippen molar-refractivity contribution in [2.75, 3.05) is 6.61 Å².